The van der Waals surface area contributed by atoms with Crippen molar-refractivity contribution in [3.05, 3.63) is 23.9 Å². The third-order valence-electron chi connectivity index (χ3n) is 2.01. The molecule has 1 aromatic heterocycles. The van der Waals surface area contributed by atoms with Crippen LogP contribution in [0, 0.1) is 11.3 Å². The summed E-state index contributed by atoms with van der Waals surface area (Å²) in [5.41, 5.74) is 0.596. The summed E-state index contributed by atoms with van der Waals surface area (Å²) in [6.45, 7) is 4.29. The van der Waals surface area contributed by atoms with E-state index in [1.807, 2.05) is 12.1 Å². The Morgan fingerprint density at radius 1 is 1.57 bits per heavy atom. The summed E-state index contributed by atoms with van der Waals surface area (Å²) in [6.07, 6.45) is 3.87. The minimum Gasteiger partial charge on any atom is -0.368 e. The van der Waals surface area contributed by atoms with Crippen LogP contribution in [0.4, 0.5) is 5.82 Å². The molecule has 0 bridgehead atoms. The molecule has 1 heterocycles. The van der Waals surface area contributed by atoms with Crippen molar-refractivity contribution in [2.24, 2.45) is 0 Å². The first-order valence-electron chi connectivity index (χ1n) is 4.89. The number of nitriles is 1. The van der Waals surface area contributed by atoms with E-state index in [4.69, 9.17) is 5.26 Å². The third kappa shape index (κ3) is 3.06. The normalized spacial score (nSPS) is 11.8. The average molecular weight is 189 g/mol. The van der Waals surface area contributed by atoms with E-state index in [1.54, 1.807) is 12.3 Å². The van der Waals surface area contributed by atoms with E-state index in [0.717, 1.165) is 18.7 Å². The predicted octanol–water partition coefficient (Wildman–Crippen LogP) is 2.55. The van der Waals surface area contributed by atoms with Crippen LogP contribution in [0.25, 0.3) is 0 Å². The number of pyridine rings is 1. The molecule has 1 rings (SSSR count). The van der Waals surface area contributed by atoms with Crippen molar-refractivity contribution in [3.8, 4) is 6.07 Å². The first-order valence-corrected chi connectivity index (χ1v) is 4.89. The largest absolute Gasteiger partial charge is 0.368 e. The van der Waals surface area contributed by atoms with Crippen LogP contribution in [0.15, 0.2) is 18.3 Å². The van der Waals surface area contributed by atoms with E-state index >= 15 is 0 Å². The summed E-state index contributed by atoms with van der Waals surface area (Å²) >= 11 is 0. The molecule has 0 saturated heterocycles. The standard InChI is InChI=1S/C11H15N3/c1-3-4-9(2)14-11-6-5-10(7-12)8-13-11/h5-6,8-9H,3-4H2,1-2H3,(H,13,14). The van der Waals surface area contributed by atoms with Gasteiger partial charge in [0.1, 0.15) is 11.9 Å². The summed E-state index contributed by atoms with van der Waals surface area (Å²) in [6, 6.07) is 6.08. The lowest BCUT2D eigenvalue weighted by Gasteiger charge is -2.12. The fourth-order valence-corrected chi connectivity index (χ4v) is 1.30. The Bertz CT molecular complexity index is 310. The lowest BCUT2D eigenvalue weighted by atomic mass is 10.2. The SMILES string of the molecule is CCCC(C)Nc1ccc(C#N)cn1. The van der Waals surface area contributed by atoms with Gasteiger partial charge in [-0.05, 0) is 25.5 Å². The van der Waals surface area contributed by atoms with Gasteiger partial charge < -0.3 is 5.32 Å². The van der Waals surface area contributed by atoms with Gasteiger partial charge in [0, 0.05) is 12.2 Å². The van der Waals surface area contributed by atoms with Gasteiger partial charge in [0.2, 0.25) is 0 Å². The van der Waals surface area contributed by atoms with E-state index in [-0.39, 0.29) is 0 Å². The molecule has 0 aromatic carbocycles. The maximum absolute atomic E-state index is 8.58. The van der Waals surface area contributed by atoms with E-state index in [2.05, 4.69) is 24.1 Å². The van der Waals surface area contributed by atoms with Crippen molar-refractivity contribution in [2.75, 3.05) is 5.32 Å². The number of nitrogens with one attached hydrogen (secondary N) is 1. The van der Waals surface area contributed by atoms with E-state index in [9.17, 15) is 0 Å². The third-order valence-corrected chi connectivity index (χ3v) is 2.01. The Morgan fingerprint density at radius 3 is 2.86 bits per heavy atom. The molecule has 0 aliphatic heterocycles. The Balaban J connectivity index is 2.56. The second kappa shape index (κ2) is 5.23. The smallest absolute Gasteiger partial charge is 0.126 e. The van der Waals surface area contributed by atoms with Gasteiger partial charge in [-0.3, -0.25) is 0 Å². The molecule has 1 unspecified atom stereocenters. The molecule has 14 heavy (non-hydrogen) atoms. The van der Waals surface area contributed by atoms with Crippen molar-refractivity contribution in [3.63, 3.8) is 0 Å². The van der Waals surface area contributed by atoms with Crippen molar-refractivity contribution < 1.29 is 0 Å². The molecular formula is C11H15N3. The van der Waals surface area contributed by atoms with Crippen molar-refractivity contribution in [1.29, 1.82) is 5.26 Å². The Kier molecular flexibility index (Phi) is 3.93. The average Bonchev–Trinajstić information content (AvgIpc) is 2.19. The van der Waals surface area contributed by atoms with Crippen LogP contribution >= 0.6 is 0 Å². The zero-order valence-corrected chi connectivity index (χ0v) is 8.62. The molecule has 74 valence electrons. The second-order valence-electron chi connectivity index (χ2n) is 3.38. The first kappa shape index (κ1) is 10.5. The van der Waals surface area contributed by atoms with Crippen molar-refractivity contribution in [2.45, 2.75) is 32.7 Å². The highest BCUT2D eigenvalue weighted by atomic mass is 15.0. The predicted molar refractivity (Wildman–Crippen MR) is 56.9 cm³/mol. The van der Waals surface area contributed by atoms with Gasteiger partial charge in [-0.15, -0.1) is 0 Å². The molecular weight excluding hydrogens is 174 g/mol. The molecule has 1 N–H and O–H groups in total. The van der Waals surface area contributed by atoms with Crippen LogP contribution in [0.3, 0.4) is 0 Å². The summed E-state index contributed by atoms with van der Waals surface area (Å²) in [7, 11) is 0. The van der Waals surface area contributed by atoms with E-state index in [1.165, 1.54) is 0 Å². The summed E-state index contributed by atoms with van der Waals surface area (Å²) in [5.74, 6) is 0.838. The van der Waals surface area contributed by atoms with Gasteiger partial charge in [-0.1, -0.05) is 13.3 Å². The van der Waals surface area contributed by atoms with Gasteiger partial charge in [0.25, 0.3) is 0 Å². The minimum atomic E-state index is 0.431. The second-order valence-corrected chi connectivity index (χ2v) is 3.38. The van der Waals surface area contributed by atoms with Crippen LogP contribution < -0.4 is 5.32 Å². The molecule has 1 atom stereocenters. The van der Waals surface area contributed by atoms with Crippen LogP contribution in [0.1, 0.15) is 32.3 Å². The van der Waals surface area contributed by atoms with Gasteiger partial charge in [-0.2, -0.15) is 5.26 Å². The zero-order chi connectivity index (χ0) is 10.4. The highest BCUT2D eigenvalue weighted by Crippen LogP contribution is 2.07. The number of anilines is 1. The minimum absolute atomic E-state index is 0.431. The maximum Gasteiger partial charge on any atom is 0.126 e. The van der Waals surface area contributed by atoms with Crippen molar-refractivity contribution in [1.82, 2.24) is 4.98 Å². The first-order chi connectivity index (χ1) is 6.76. The highest BCUT2D eigenvalue weighted by Gasteiger charge is 2.00. The van der Waals surface area contributed by atoms with Gasteiger partial charge in [0.05, 0.1) is 5.56 Å². The van der Waals surface area contributed by atoms with Crippen LogP contribution in [-0.2, 0) is 0 Å². The van der Waals surface area contributed by atoms with Crippen LogP contribution in [0.2, 0.25) is 0 Å². The monoisotopic (exact) mass is 189 g/mol. The molecule has 0 amide bonds. The zero-order valence-electron chi connectivity index (χ0n) is 8.62. The van der Waals surface area contributed by atoms with E-state index in [0.29, 0.717) is 11.6 Å². The molecule has 3 nitrogen and oxygen atoms in total. The fourth-order valence-electron chi connectivity index (χ4n) is 1.30. The van der Waals surface area contributed by atoms with Gasteiger partial charge in [0.15, 0.2) is 0 Å². The molecule has 0 aliphatic rings. The van der Waals surface area contributed by atoms with Gasteiger partial charge in [-0.25, -0.2) is 4.98 Å². The summed E-state index contributed by atoms with van der Waals surface area (Å²) in [4.78, 5) is 4.14. The van der Waals surface area contributed by atoms with Gasteiger partial charge >= 0.3 is 0 Å². The summed E-state index contributed by atoms with van der Waals surface area (Å²) in [5, 5.41) is 11.9. The number of rotatable bonds is 4. The number of aromatic nitrogens is 1. The topological polar surface area (TPSA) is 48.7 Å². The van der Waals surface area contributed by atoms with E-state index < -0.39 is 0 Å². The Hall–Kier alpha value is -1.56. The number of hydrogen-bond acceptors (Lipinski definition) is 3. The molecule has 0 spiro atoms. The molecule has 0 aliphatic carbocycles. The van der Waals surface area contributed by atoms with Crippen LogP contribution in [0.5, 0.6) is 0 Å². The van der Waals surface area contributed by atoms with Crippen LogP contribution in [-0.4, -0.2) is 11.0 Å². The number of nitrogens with zero attached hydrogens (tertiary/aromatic N) is 2. The number of hydrogen-bond donors (Lipinski definition) is 1. The molecule has 3 heteroatoms. The lowest BCUT2D eigenvalue weighted by molar-refractivity contribution is 0.687. The maximum atomic E-state index is 8.58. The quantitative estimate of drug-likeness (QED) is 0.791. The molecule has 0 fully saturated rings. The molecule has 1 aromatic rings. The summed E-state index contributed by atoms with van der Waals surface area (Å²) < 4.78 is 0. The molecule has 0 saturated carbocycles. The lowest BCUT2D eigenvalue weighted by Crippen LogP contribution is -2.15. The fraction of sp³-hybridized carbons (Fsp3) is 0.455. The van der Waals surface area contributed by atoms with Crippen molar-refractivity contribution >= 4 is 5.82 Å². The Morgan fingerprint density at radius 2 is 2.36 bits per heavy atom. The highest BCUT2D eigenvalue weighted by molar-refractivity contribution is 5.39. The Labute approximate surface area is 84.8 Å². The molecule has 0 radical (unpaired) electrons.